The molecule has 0 saturated carbocycles. The summed E-state index contributed by atoms with van der Waals surface area (Å²) in [5, 5.41) is 0. The molecule has 3 N–H and O–H groups in total. The minimum atomic E-state index is -3.88. The van der Waals surface area contributed by atoms with E-state index in [2.05, 4.69) is 41.6 Å². The van der Waals surface area contributed by atoms with Crippen molar-refractivity contribution >= 4 is 53.6 Å². The summed E-state index contributed by atoms with van der Waals surface area (Å²) in [4.78, 5) is 3.81. The lowest BCUT2D eigenvalue weighted by Gasteiger charge is -2.10. The predicted molar refractivity (Wildman–Crippen MR) is 78.3 cm³/mol. The summed E-state index contributed by atoms with van der Waals surface area (Å²) in [6.07, 6.45) is 1.35. The van der Waals surface area contributed by atoms with Crippen LogP contribution in [0, 0.1) is 6.92 Å². The highest BCUT2D eigenvalue weighted by atomic mass is 79.9. The van der Waals surface area contributed by atoms with E-state index in [9.17, 15) is 8.42 Å². The average Bonchev–Trinajstić information content (AvgIpc) is 2.60. The molecule has 0 radical (unpaired) electrons. The first-order valence-electron chi connectivity index (χ1n) is 4.99. The smallest absolute Gasteiger partial charge is 0.309 e. The number of nitrogen functional groups attached to an aromatic ring is 1. The molecule has 1 heterocycles. The van der Waals surface area contributed by atoms with E-state index in [1.165, 1.54) is 12.3 Å². The highest BCUT2D eigenvalue weighted by Gasteiger charge is 2.23. The molecule has 0 aliphatic rings. The van der Waals surface area contributed by atoms with Crippen LogP contribution in [0.2, 0.25) is 0 Å². The van der Waals surface area contributed by atoms with Gasteiger partial charge in [0.15, 0.2) is 0 Å². The first-order chi connectivity index (χ1) is 8.79. The third-order valence-corrected chi connectivity index (χ3v) is 4.93. The topological polar surface area (TPSA) is 98.2 Å². The molecule has 0 unspecified atom stereocenters. The molecule has 2 aromatic rings. The molecule has 19 heavy (non-hydrogen) atoms. The normalized spacial score (nSPS) is 11.5. The van der Waals surface area contributed by atoms with Gasteiger partial charge in [0.25, 0.3) is 10.0 Å². The van der Waals surface area contributed by atoms with Crippen LogP contribution in [0.15, 0.2) is 36.7 Å². The first kappa shape index (κ1) is 14.4. The Balaban J connectivity index is 2.45. The second kappa shape index (κ2) is 5.14. The number of hydrogen-bond acceptors (Lipinski definition) is 5. The molecule has 0 atom stereocenters. The van der Waals surface area contributed by atoms with Crippen LogP contribution >= 0.6 is 31.9 Å². The zero-order chi connectivity index (χ0) is 14.2. The maximum Gasteiger partial charge on any atom is 0.309 e. The van der Waals surface area contributed by atoms with Gasteiger partial charge >= 0.3 is 6.01 Å². The van der Waals surface area contributed by atoms with Crippen LogP contribution in [-0.2, 0) is 10.0 Å². The van der Waals surface area contributed by atoms with Crippen molar-refractivity contribution in [3.05, 3.63) is 33.0 Å². The first-order valence-corrected chi connectivity index (χ1v) is 8.06. The minimum Gasteiger partial charge on any atom is -0.431 e. The van der Waals surface area contributed by atoms with Gasteiger partial charge in [0, 0.05) is 8.95 Å². The second-order valence-electron chi connectivity index (χ2n) is 3.71. The van der Waals surface area contributed by atoms with Crippen LogP contribution < -0.4 is 10.5 Å². The summed E-state index contributed by atoms with van der Waals surface area (Å²) in [5.41, 5.74) is 6.42. The van der Waals surface area contributed by atoms with Gasteiger partial charge in [0.1, 0.15) is 11.2 Å². The van der Waals surface area contributed by atoms with E-state index >= 15 is 0 Å². The largest absolute Gasteiger partial charge is 0.431 e. The number of halogens is 2. The minimum absolute atomic E-state index is 0.0634. The van der Waals surface area contributed by atoms with Crippen LogP contribution in [-0.4, -0.2) is 13.4 Å². The Morgan fingerprint density at radius 3 is 2.58 bits per heavy atom. The van der Waals surface area contributed by atoms with Gasteiger partial charge in [0.2, 0.25) is 0 Å². The molecule has 1 aromatic heterocycles. The molecule has 6 nitrogen and oxygen atoms in total. The number of hydrogen-bond donors (Lipinski definition) is 2. The van der Waals surface area contributed by atoms with E-state index in [0.717, 1.165) is 0 Å². The Morgan fingerprint density at radius 2 is 2.05 bits per heavy atom. The highest BCUT2D eigenvalue weighted by Crippen LogP contribution is 2.32. The maximum absolute atomic E-state index is 12.2. The fourth-order valence-electron chi connectivity index (χ4n) is 1.43. The second-order valence-corrected chi connectivity index (χ2v) is 7.09. The molecule has 0 saturated heterocycles. The molecule has 1 aromatic carbocycles. The fourth-order valence-corrected chi connectivity index (χ4v) is 4.44. The van der Waals surface area contributed by atoms with Gasteiger partial charge in [-0.25, -0.2) is 13.1 Å². The van der Waals surface area contributed by atoms with Crippen molar-refractivity contribution < 1.29 is 12.8 Å². The number of oxazole rings is 1. The number of anilines is 2. The van der Waals surface area contributed by atoms with Crippen molar-refractivity contribution in [3.8, 4) is 0 Å². The molecule has 0 spiro atoms. The molecule has 0 bridgehead atoms. The Labute approximate surface area is 126 Å². The Morgan fingerprint density at radius 1 is 1.37 bits per heavy atom. The van der Waals surface area contributed by atoms with E-state index in [0.29, 0.717) is 14.6 Å². The van der Waals surface area contributed by atoms with Crippen LogP contribution in [0.4, 0.5) is 11.7 Å². The van der Waals surface area contributed by atoms with Gasteiger partial charge in [-0.3, -0.25) is 0 Å². The summed E-state index contributed by atoms with van der Waals surface area (Å²) in [7, 11) is -3.88. The summed E-state index contributed by atoms with van der Waals surface area (Å²) < 4.78 is 32.7. The number of nitrogens with two attached hydrogens (primary N) is 1. The zero-order valence-corrected chi connectivity index (χ0v) is 13.6. The number of nitrogens with one attached hydrogen (secondary N) is 1. The number of aryl methyl sites for hydroxylation is 1. The van der Waals surface area contributed by atoms with Crippen molar-refractivity contribution in [1.29, 1.82) is 0 Å². The highest BCUT2D eigenvalue weighted by molar-refractivity contribution is 9.11. The van der Waals surface area contributed by atoms with Crippen molar-refractivity contribution in [2.75, 3.05) is 10.5 Å². The van der Waals surface area contributed by atoms with Gasteiger partial charge in [-0.15, -0.1) is 0 Å². The van der Waals surface area contributed by atoms with Crippen LogP contribution in [0.25, 0.3) is 0 Å². The Kier molecular flexibility index (Phi) is 3.88. The number of rotatable bonds is 3. The molecule has 0 amide bonds. The van der Waals surface area contributed by atoms with E-state index in [1.807, 2.05) is 0 Å². The van der Waals surface area contributed by atoms with E-state index in [1.54, 1.807) is 13.0 Å². The van der Waals surface area contributed by atoms with E-state index in [4.69, 9.17) is 10.2 Å². The quantitative estimate of drug-likeness (QED) is 0.758. The maximum atomic E-state index is 12.2. The van der Waals surface area contributed by atoms with Gasteiger partial charge in [0.05, 0.1) is 11.4 Å². The molecular formula is C10H9Br2N3O3S. The predicted octanol–water partition coefficient (Wildman–Crippen LogP) is 2.89. The van der Waals surface area contributed by atoms with Gasteiger partial charge in [-0.2, -0.15) is 4.98 Å². The standard InChI is InChI=1S/C10H9Br2N3O3S/c1-5-4-18-10(14-5)15-19(16,17)9-7(12)2-6(11)3-8(9)13/h2-4H,13H2,1H3,(H,14,15). The van der Waals surface area contributed by atoms with Crippen molar-refractivity contribution in [1.82, 2.24) is 4.98 Å². The molecule has 0 aliphatic carbocycles. The summed E-state index contributed by atoms with van der Waals surface area (Å²) in [6.45, 7) is 1.69. The molecule has 0 aliphatic heterocycles. The summed E-state index contributed by atoms with van der Waals surface area (Å²) in [5.74, 6) is 0. The molecule has 0 fully saturated rings. The van der Waals surface area contributed by atoms with Crippen molar-refractivity contribution in [2.45, 2.75) is 11.8 Å². The van der Waals surface area contributed by atoms with Crippen molar-refractivity contribution in [3.63, 3.8) is 0 Å². The summed E-state index contributed by atoms with van der Waals surface area (Å²) in [6, 6.07) is 2.98. The summed E-state index contributed by atoms with van der Waals surface area (Å²) >= 11 is 6.40. The lowest BCUT2D eigenvalue weighted by molar-refractivity contribution is 0.569. The number of benzene rings is 1. The molecular weight excluding hydrogens is 402 g/mol. The van der Waals surface area contributed by atoms with Crippen LogP contribution in [0.5, 0.6) is 0 Å². The van der Waals surface area contributed by atoms with E-state index < -0.39 is 10.0 Å². The third kappa shape index (κ3) is 3.10. The van der Waals surface area contributed by atoms with Gasteiger partial charge in [-0.1, -0.05) is 15.9 Å². The monoisotopic (exact) mass is 409 g/mol. The lowest BCUT2D eigenvalue weighted by Crippen LogP contribution is -2.15. The SMILES string of the molecule is Cc1coc(NS(=O)(=O)c2c(N)cc(Br)cc2Br)n1. The molecule has 102 valence electrons. The van der Waals surface area contributed by atoms with Crippen LogP contribution in [0.3, 0.4) is 0 Å². The lowest BCUT2D eigenvalue weighted by atomic mass is 10.3. The van der Waals surface area contributed by atoms with E-state index in [-0.39, 0.29) is 16.6 Å². The number of aromatic nitrogens is 1. The van der Waals surface area contributed by atoms with Crippen LogP contribution in [0.1, 0.15) is 5.69 Å². The zero-order valence-electron chi connectivity index (χ0n) is 9.65. The third-order valence-electron chi connectivity index (χ3n) is 2.15. The number of nitrogens with zero attached hydrogens (tertiary/aromatic N) is 1. The molecule has 2 rings (SSSR count). The van der Waals surface area contributed by atoms with Gasteiger partial charge < -0.3 is 10.2 Å². The average molecular weight is 411 g/mol. The van der Waals surface area contributed by atoms with Crippen molar-refractivity contribution in [2.24, 2.45) is 0 Å². The Bertz CT molecular complexity index is 704. The molecule has 9 heteroatoms. The Hall–Kier alpha value is -1.06. The van der Waals surface area contributed by atoms with Gasteiger partial charge in [-0.05, 0) is 35.0 Å². The fraction of sp³-hybridized carbons (Fsp3) is 0.100. The number of sulfonamides is 1.